The van der Waals surface area contributed by atoms with Crippen molar-refractivity contribution in [2.75, 3.05) is 18.8 Å². The molecule has 0 saturated carbocycles. The van der Waals surface area contributed by atoms with Gasteiger partial charge in [-0.3, -0.25) is 9.59 Å². The average molecular weight is 364 g/mol. The van der Waals surface area contributed by atoms with Crippen LogP contribution in [-0.2, 0) is 11.2 Å². The summed E-state index contributed by atoms with van der Waals surface area (Å²) in [6.45, 7) is 4.34. The Kier molecular flexibility index (Phi) is 5.24. The van der Waals surface area contributed by atoms with Crippen molar-refractivity contribution < 1.29 is 14.4 Å². The number of carbonyl (C=O) groups is 1. The Labute approximate surface area is 148 Å². The first-order chi connectivity index (χ1) is 11.9. The maximum Gasteiger partial charge on any atom is 0.251 e. The summed E-state index contributed by atoms with van der Waals surface area (Å²) in [6, 6.07) is 3.24. The van der Waals surface area contributed by atoms with Crippen molar-refractivity contribution >= 4 is 17.7 Å². The Hall–Kier alpha value is -2.13. The quantitative estimate of drug-likeness (QED) is 0.588. The first-order valence-corrected chi connectivity index (χ1v) is 8.98. The molecule has 2 atom stereocenters. The lowest BCUT2D eigenvalue weighted by molar-refractivity contribution is -0.127. The number of amides is 1. The number of β-amino-alcohol motifs (C(OH)–C–C–N with tert-alkyl or cyclic N) is 1. The number of H-pyrrole nitrogens is 1. The van der Waals surface area contributed by atoms with Crippen molar-refractivity contribution in [1.29, 1.82) is 0 Å². The molecule has 1 amide bonds. The minimum absolute atomic E-state index is 0.0711. The SMILES string of the molecule is Cc1cc(C[C@@H]2CN(C(=O)CSc3nc(C)cc(=O)[nH]3)C[C@@H]2O)on1. The molecule has 134 valence electrons. The van der Waals surface area contributed by atoms with Gasteiger partial charge in [0.25, 0.3) is 5.56 Å². The maximum atomic E-state index is 12.4. The van der Waals surface area contributed by atoms with Crippen molar-refractivity contribution in [1.82, 2.24) is 20.0 Å². The van der Waals surface area contributed by atoms with E-state index < -0.39 is 6.10 Å². The van der Waals surface area contributed by atoms with E-state index in [1.54, 1.807) is 11.8 Å². The highest BCUT2D eigenvalue weighted by molar-refractivity contribution is 7.99. The van der Waals surface area contributed by atoms with Gasteiger partial charge in [-0.15, -0.1) is 0 Å². The second-order valence-electron chi connectivity index (χ2n) is 6.25. The Morgan fingerprint density at radius 1 is 1.40 bits per heavy atom. The molecule has 2 N–H and O–H groups in total. The Morgan fingerprint density at radius 2 is 2.20 bits per heavy atom. The maximum absolute atomic E-state index is 12.4. The molecule has 0 aliphatic carbocycles. The lowest BCUT2D eigenvalue weighted by Crippen LogP contribution is -2.31. The first-order valence-electron chi connectivity index (χ1n) is 7.99. The molecule has 1 saturated heterocycles. The zero-order valence-corrected chi connectivity index (χ0v) is 14.9. The van der Waals surface area contributed by atoms with Crippen LogP contribution in [0.15, 0.2) is 26.6 Å². The standard InChI is InChI=1S/C16H20N4O4S/c1-9-4-14(22)18-16(17-9)25-8-15(23)20-6-11(13(21)7-20)5-12-3-10(2)19-24-12/h3-4,11,13,21H,5-8H2,1-2H3,(H,17,18,22)/t11-,13+/m1/s1. The Balaban J connectivity index is 1.55. The molecule has 25 heavy (non-hydrogen) atoms. The van der Waals surface area contributed by atoms with Crippen molar-refractivity contribution in [2.24, 2.45) is 5.92 Å². The lowest BCUT2D eigenvalue weighted by Gasteiger charge is -2.15. The van der Waals surface area contributed by atoms with Crippen LogP contribution in [0, 0.1) is 19.8 Å². The Bertz CT molecular complexity index is 818. The van der Waals surface area contributed by atoms with Crippen molar-refractivity contribution in [3.8, 4) is 0 Å². The number of nitrogens with one attached hydrogen (secondary N) is 1. The Morgan fingerprint density at radius 3 is 2.88 bits per heavy atom. The average Bonchev–Trinajstić information content (AvgIpc) is 3.11. The largest absolute Gasteiger partial charge is 0.391 e. The fourth-order valence-electron chi connectivity index (χ4n) is 2.87. The van der Waals surface area contributed by atoms with E-state index in [1.807, 2.05) is 13.0 Å². The molecule has 3 rings (SSSR count). The third-order valence-corrected chi connectivity index (χ3v) is 4.94. The number of hydrogen-bond donors (Lipinski definition) is 2. The summed E-state index contributed by atoms with van der Waals surface area (Å²) in [4.78, 5) is 32.2. The third kappa shape index (κ3) is 4.49. The van der Waals surface area contributed by atoms with Crippen LogP contribution < -0.4 is 5.56 Å². The molecule has 1 aliphatic heterocycles. The highest BCUT2D eigenvalue weighted by Crippen LogP contribution is 2.23. The number of aromatic nitrogens is 3. The van der Waals surface area contributed by atoms with E-state index in [0.717, 1.165) is 5.69 Å². The number of aliphatic hydroxyl groups excluding tert-OH is 1. The molecule has 2 aromatic heterocycles. The second kappa shape index (κ2) is 7.40. The smallest absolute Gasteiger partial charge is 0.251 e. The molecule has 0 unspecified atom stereocenters. The van der Waals surface area contributed by atoms with Crippen LogP contribution in [-0.4, -0.2) is 56.0 Å². The number of aryl methyl sites for hydroxylation is 2. The van der Waals surface area contributed by atoms with Gasteiger partial charge in [-0.05, 0) is 13.8 Å². The zero-order valence-electron chi connectivity index (χ0n) is 14.1. The van der Waals surface area contributed by atoms with Crippen LogP contribution in [0.2, 0.25) is 0 Å². The number of likely N-dealkylation sites (tertiary alicyclic amines) is 1. The van der Waals surface area contributed by atoms with Crippen LogP contribution in [0.3, 0.4) is 0 Å². The van der Waals surface area contributed by atoms with Crippen LogP contribution in [0.5, 0.6) is 0 Å². The first kappa shape index (κ1) is 17.7. The van der Waals surface area contributed by atoms with Crippen molar-refractivity contribution in [2.45, 2.75) is 31.5 Å². The van der Waals surface area contributed by atoms with Crippen LogP contribution in [0.4, 0.5) is 0 Å². The van der Waals surface area contributed by atoms with Crippen molar-refractivity contribution in [3.63, 3.8) is 0 Å². The second-order valence-corrected chi connectivity index (χ2v) is 7.21. The molecule has 1 fully saturated rings. The van der Waals surface area contributed by atoms with E-state index in [2.05, 4.69) is 15.1 Å². The molecule has 0 aromatic carbocycles. The number of hydrogen-bond acceptors (Lipinski definition) is 7. The van der Waals surface area contributed by atoms with Gasteiger partial charge in [-0.2, -0.15) is 0 Å². The molecule has 8 nitrogen and oxygen atoms in total. The van der Waals surface area contributed by atoms with Gasteiger partial charge in [0, 0.05) is 43.3 Å². The molecular formula is C16H20N4O4S. The summed E-state index contributed by atoms with van der Waals surface area (Å²) in [6.07, 6.45) is -0.0395. The zero-order chi connectivity index (χ0) is 18.0. The van der Waals surface area contributed by atoms with Gasteiger partial charge in [-0.25, -0.2) is 4.98 Å². The van der Waals surface area contributed by atoms with E-state index >= 15 is 0 Å². The molecule has 9 heteroatoms. The van der Waals surface area contributed by atoms with Crippen LogP contribution >= 0.6 is 11.8 Å². The van der Waals surface area contributed by atoms with Gasteiger partial charge in [0.15, 0.2) is 5.16 Å². The lowest BCUT2D eigenvalue weighted by atomic mass is 10.0. The molecule has 0 spiro atoms. The predicted molar refractivity (Wildman–Crippen MR) is 91.3 cm³/mol. The molecule has 2 aromatic rings. The number of aliphatic hydroxyl groups is 1. The van der Waals surface area contributed by atoms with E-state index in [9.17, 15) is 14.7 Å². The highest BCUT2D eigenvalue weighted by atomic mass is 32.2. The van der Waals surface area contributed by atoms with Gasteiger partial charge >= 0.3 is 0 Å². The van der Waals surface area contributed by atoms with Gasteiger partial charge in [0.05, 0.1) is 17.6 Å². The summed E-state index contributed by atoms with van der Waals surface area (Å²) < 4.78 is 5.19. The van der Waals surface area contributed by atoms with Gasteiger partial charge in [0.2, 0.25) is 5.91 Å². The third-order valence-electron chi connectivity index (χ3n) is 4.08. The van der Waals surface area contributed by atoms with Gasteiger partial charge < -0.3 is 19.5 Å². The van der Waals surface area contributed by atoms with Gasteiger partial charge in [-0.1, -0.05) is 16.9 Å². The minimum atomic E-state index is -0.587. The van der Waals surface area contributed by atoms with Crippen LogP contribution in [0.25, 0.3) is 0 Å². The normalized spacial score (nSPS) is 20.2. The number of rotatable bonds is 5. The summed E-state index contributed by atoms with van der Waals surface area (Å²) >= 11 is 1.19. The number of aromatic amines is 1. The fraction of sp³-hybridized carbons (Fsp3) is 0.500. The molecule has 3 heterocycles. The topological polar surface area (TPSA) is 112 Å². The predicted octanol–water partition coefficient (Wildman–Crippen LogP) is 0.529. The highest BCUT2D eigenvalue weighted by Gasteiger charge is 2.34. The van der Waals surface area contributed by atoms with Gasteiger partial charge in [0.1, 0.15) is 5.76 Å². The fourth-order valence-corrected chi connectivity index (χ4v) is 3.69. The summed E-state index contributed by atoms with van der Waals surface area (Å²) in [7, 11) is 0. The van der Waals surface area contributed by atoms with E-state index in [-0.39, 0.29) is 23.1 Å². The van der Waals surface area contributed by atoms with E-state index in [0.29, 0.717) is 36.1 Å². The summed E-state index contributed by atoms with van der Waals surface area (Å²) in [5.41, 5.74) is 1.17. The summed E-state index contributed by atoms with van der Waals surface area (Å²) in [5.74, 6) is 0.710. The monoisotopic (exact) mass is 364 g/mol. The van der Waals surface area contributed by atoms with E-state index in [1.165, 1.54) is 17.8 Å². The minimum Gasteiger partial charge on any atom is -0.391 e. The van der Waals surface area contributed by atoms with Crippen LogP contribution in [0.1, 0.15) is 17.1 Å². The number of thioether (sulfide) groups is 1. The molecule has 0 bridgehead atoms. The number of carbonyl (C=O) groups excluding carboxylic acids is 1. The molecule has 1 aliphatic rings. The summed E-state index contributed by atoms with van der Waals surface area (Å²) in [5, 5.41) is 14.5. The van der Waals surface area contributed by atoms with E-state index in [4.69, 9.17) is 4.52 Å². The molecular weight excluding hydrogens is 344 g/mol. The molecule has 0 radical (unpaired) electrons. The van der Waals surface area contributed by atoms with Crippen molar-refractivity contribution in [3.05, 3.63) is 39.6 Å². The number of nitrogens with zero attached hydrogens (tertiary/aromatic N) is 3.